The summed E-state index contributed by atoms with van der Waals surface area (Å²) >= 11 is 0. The second-order valence-electron chi connectivity index (χ2n) is 6.01. The molecule has 1 atom stereocenters. The number of halogens is 1. The molecule has 1 aromatic heterocycles. The largest absolute Gasteiger partial charge is 0.447 e. The molecule has 3 rings (SSSR count). The Hall–Kier alpha value is -3.75. The Kier molecular flexibility index (Phi) is 5.08. The molecule has 9 heteroatoms. The van der Waals surface area contributed by atoms with Crippen molar-refractivity contribution in [2.24, 2.45) is 0 Å². The molecule has 0 radical (unpaired) electrons. The summed E-state index contributed by atoms with van der Waals surface area (Å²) < 4.78 is 24.2. The van der Waals surface area contributed by atoms with E-state index in [1.165, 1.54) is 43.3 Å². The number of esters is 1. The Labute approximate surface area is 158 Å². The van der Waals surface area contributed by atoms with Gasteiger partial charge in [0.2, 0.25) is 5.76 Å². The zero-order valence-electron chi connectivity index (χ0n) is 14.9. The summed E-state index contributed by atoms with van der Waals surface area (Å²) in [7, 11) is 0. The van der Waals surface area contributed by atoms with Crippen LogP contribution >= 0.6 is 0 Å². The number of non-ortho nitro benzene ring substituents is 1. The van der Waals surface area contributed by atoms with Gasteiger partial charge in [0.05, 0.1) is 4.92 Å². The van der Waals surface area contributed by atoms with Gasteiger partial charge in [-0.2, -0.15) is 0 Å². The van der Waals surface area contributed by atoms with Crippen molar-refractivity contribution in [3.63, 3.8) is 0 Å². The van der Waals surface area contributed by atoms with Gasteiger partial charge in [-0.3, -0.25) is 14.9 Å². The highest BCUT2D eigenvalue weighted by molar-refractivity contribution is 5.99. The SMILES string of the molecule is Cc1c(C(=O)OC(C)C(=O)Nc2ccc([N+](=O)[O-])cc2)oc2c(F)cccc12. The lowest BCUT2D eigenvalue weighted by molar-refractivity contribution is -0.384. The van der Waals surface area contributed by atoms with Crippen molar-refractivity contribution < 1.29 is 28.1 Å². The molecule has 2 aromatic carbocycles. The van der Waals surface area contributed by atoms with E-state index in [2.05, 4.69) is 5.32 Å². The molecule has 1 unspecified atom stereocenters. The Bertz CT molecular complexity index is 1070. The normalized spacial score (nSPS) is 11.8. The number of amides is 1. The van der Waals surface area contributed by atoms with Crippen molar-refractivity contribution in [1.82, 2.24) is 0 Å². The maximum atomic E-state index is 13.8. The van der Waals surface area contributed by atoms with Crippen LogP contribution in [0.4, 0.5) is 15.8 Å². The maximum absolute atomic E-state index is 13.8. The number of nitro groups is 1. The summed E-state index contributed by atoms with van der Waals surface area (Å²) in [5, 5.41) is 13.6. The van der Waals surface area contributed by atoms with Gasteiger partial charge in [0.15, 0.2) is 17.5 Å². The lowest BCUT2D eigenvalue weighted by Crippen LogP contribution is -2.30. The second kappa shape index (κ2) is 7.47. The molecule has 28 heavy (non-hydrogen) atoms. The fraction of sp³-hybridized carbons (Fsp3) is 0.158. The first kappa shape index (κ1) is 19.0. The molecule has 1 N–H and O–H groups in total. The highest BCUT2D eigenvalue weighted by Gasteiger charge is 2.25. The van der Waals surface area contributed by atoms with Gasteiger partial charge in [-0.25, -0.2) is 9.18 Å². The molecule has 3 aromatic rings. The highest BCUT2D eigenvalue weighted by atomic mass is 19.1. The van der Waals surface area contributed by atoms with E-state index < -0.39 is 28.7 Å². The number of ether oxygens (including phenoxy) is 1. The number of furan rings is 1. The average molecular weight is 386 g/mol. The molecule has 0 aliphatic heterocycles. The first-order valence-electron chi connectivity index (χ1n) is 8.22. The van der Waals surface area contributed by atoms with Crippen LogP contribution in [0.3, 0.4) is 0 Å². The van der Waals surface area contributed by atoms with Crippen molar-refractivity contribution in [1.29, 1.82) is 0 Å². The number of para-hydroxylation sites is 1. The molecule has 0 fully saturated rings. The number of nitrogens with one attached hydrogen (secondary N) is 1. The van der Waals surface area contributed by atoms with E-state index in [0.29, 0.717) is 16.6 Å². The van der Waals surface area contributed by atoms with E-state index in [1.54, 1.807) is 13.0 Å². The van der Waals surface area contributed by atoms with Gasteiger partial charge in [-0.1, -0.05) is 12.1 Å². The Morgan fingerprint density at radius 1 is 1.21 bits per heavy atom. The summed E-state index contributed by atoms with van der Waals surface area (Å²) in [5.74, 6) is -2.33. The van der Waals surface area contributed by atoms with Crippen LogP contribution in [-0.2, 0) is 9.53 Å². The maximum Gasteiger partial charge on any atom is 0.375 e. The number of nitro benzene ring substituents is 1. The molecule has 8 nitrogen and oxygen atoms in total. The summed E-state index contributed by atoms with van der Waals surface area (Å²) in [4.78, 5) is 34.6. The topological polar surface area (TPSA) is 112 Å². The summed E-state index contributed by atoms with van der Waals surface area (Å²) in [6.45, 7) is 2.95. The summed E-state index contributed by atoms with van der Waals surface area (Å²) in [6, 6.07) is 9.50. The van der Waals surface area contributed by atoms with Crippen molar-refractivity contribution in [3.05, 3.63) is 69.7 Å². The van der Waals surface area contributed by atoms with Crippen LogP contribution in [0.5, 0.6) is 0 Å². The summed E-state index contributed by atoms with van der Waals surface area (Å²) in [5.41, 5.74) is 0.531. The van der Waals surface area contributed by atoms with E-state index in [4.69, 9.17) is 9.15 Å². The number of hydrogen-bond acceptors (Lipinski definition) is 6. The van der Waals surface area contributed by atoms with E-state index >= 15 is 0 Å². The molecule has 1 heterocycles. The van der Waals surface area contributed by atoms with Crippen molar-refractivity contribution in [3.8, 4) is 0 Å². The number of hydrogen-bond donors (Lipinski definition) is 1. The molecule has 1 amide bonds. The van der Waals surface area contributed by atoms with Crippen LogP contribution in [0.15, 0.2) is 46.9 Å². The zero-order valence-corrected chi connectivity index (χ0v) is 14.9. The number of anilines is 1. The first-order chi connectivity index (χ1) is 13.3. The van der Waals surface area contributed by atoms with Crippen LogP contribution < -0.4 is 5.32 Å². The van der Waals surface area contributed by atoms with E-state index in [-0.39, 0.29) is 17.0 Å². The molecule has 0 aliphatic rings. The Morgan fingerprint density at radius 3 is 2.50 bits per heavy atom. The first-order valence-corrected chi connectivity index (χ1v) is 8.22. The van der Waals surface area contributed by atoms with Crippen molar-refractivity contribution in [2.75, 3.05) is 5.32 Å². The molecule has 0 saturated carbocycles. The van der Waals surface area contributed by atoms with Gasteiger partial charge in [0.1, 0.15) is 0 Å². The van der Waals surface area contributed by atoms with Gasteiger partial charge in [-0.15, -0.1) is 0 Å². The van der Waals surface area contributed by atoms with E-state index in [9.17, 15) is 24.1 Å². The molecule has 144 valence electrons. The third-order valence-electron chi connectivity index (χ3n) is 4.10. The monoisotopic (exact) mass is 386 g/mol. The number of rotatable bonds is 5. The predicted octanol–water partition coefficient (Wildman–Crippen LogP) is 3.97. The van der Waals surface area contributed by atoms with Gasteiger partial charge in [0, 0.05) is 28.8 Å². The van der Waals surface area contributed by atoms with Gasteiger partial charge in [-0.05, 0) is 32.0 Å². The van der Waals surface area contributed by atoms with Crippen molar-refractivity contribution in [2.45, 2.75) is 20.0 Å². The smallest absolute Gasteiger partial charge is 0.375 e. The minimum atomic E-state index is -1.18. The fourth-order valence-corrected chi connectivity index (χ4v) is 2.58. The number of aryl methyl sites for hydroxylation is 1. The molecule has 0 bridgehead atoms. The number of nitrogens with zero attached hydrogens (tertiary/aromatic N) is 1. The molecule has 0 aliphatic carbocycles. The molecular weight excluding hydrogens is 371 g/mol. The average Bonchev–Trinajstić information content (AvgIpc) is 3.00. The minimum absolute atomic E-state index is 0.0602. The van der Waals surface area contributed by atoms with E-state index in [1.807, 2.05) is 0 Å². The second-order valence-corrected chi connectivity index (χ2v) is 6.01. The Morgan fingerprint density at radius 2 is 1.89 bits per heavy atom. The van der Waals surface area contributed by atoms with Crippen LogP contribution in [0.25, 0.3) is 11.0 Å². The Balaban J connectivity index is 1.70. The van der Waals surface area contributed by atoms with Crippen LogP contribution in [-0.4, -0.2) is 22.9 Å². The fourth-order valence-electron chi connectivity index (χ4n) is 2.58. The van der Waals surface area contributed by atoms with E-state index in [0.717, 1.165) is 0 Å². The number of benzene rings is 2. The molecule has 0 spiro atoms. The highest BCUT2D eigenvalue weighted by Crippen LogP contribution is 2.28. The van der Waals surface area contributed by atoms with Gasteiger partial charge < -0.3 is 14.5 Å². The summed E-state index contributed by atoms with van der Waals surface area (Å²) in [6.07, 6.45) is -1.18. The van der Waals surface area contributed by atoms with Crippen LogP contribution in [0.2, 0.25) is 0 Å². The third-order valence-corrected chi connectivity index (χ3v) is 4.10. The van der Waals surface area contributed by atoms with Crippen LogP contribution in [0, 0.1) is 22.9 Å². The van der Waals surface area contributed by atoms with Gasteiger partial charge >= 0.3 is 5.97 Å². The quantitative estimate of drug-likeness (QED) is 0.403. The van der Waals surface area contributed by atoms with Gasteiger partial charge in [0.25, 0.3) is 11.6 Å². The van der Waals surface area contributed by atoms with Crippen LogP contribution in [0.1, 0.15) is 23.0 Å². The molecule has 0 saturated heterocycles. The standard InChI is InChI=1S/C19H15FN2O6/c1-10-14-4-3-5-15(20)17(14)28-16(10)19(24)27-11(2)18(23)21-12-6-8-13(9-7-12)22(25)26/h3-9,11H,1-2H3,(H,21,23). The number of carbonyl (C=O) groups excluding carboxylic acids is 2. The number of carbonyl (C=O) groups is 2. The minimum Gasteiger partial charge on any atom is -0.447 e. The number of fused-ring (bicyclic) bond motifs is 1. The zero-order chi connectivity index (χ0) is 20.4. The van der Waals surface area contributed by atoms with Crippen molar-refractivity contribution >= 4 is 34.2 Å². The lowest BCUT2D eigenvalue weighted by atomic mass is 10.1. The third kappa shape index (κ3) is 3.68. The predicted molar refractivity (Wildman–Crippen MR) is 97.5 cm³/mol. The molecular formula is C19H15FN2O6. The lowest BCUT2D eigenvalue weighted by Gasteiger charge is -2.13.